The number of nitrogens with two attached hydrogens (primary N) is 1. The van der Waals surface area contributed by atoms with Crippen LogP contribution in [0.1, 0.15) is 39.1 Å². The van der Waals surface area contributed by atoms with Crippen LogP contribution in [0.2, 0.25) is 10.0 Å². The molecule has 0 bridgehead atoms. The van der Waals surface area contributed by atoms with E-state index in [2.05, 4.69) is 5.32 Å². The van der Waals surface area contributed by atoms with Crippen molar-refractivity contribution in [2.75, 3.05) is 13.1 Å². The highest BCUT2D eigenvalue weighted by atomic mass is 35.5. The van der Waals surface area contributed by atoms with E-state index in [1.54, 1.807) is 41.3 Å². The zero-order valence-corrected chi connectivity index (χ0v) is 17.2. The first-order valence-electron chi connectivity index (χ1n) is 9.28. The second kappa shape index (κ2) is 9.29. The molecule has 0 aliphatic carbocycles. The van der Waals surface area contributed by atoms with E-state index in [1.807, 2.05) is 6.07 Å². The molecule has 2 aromatic rings. The Kier molecular flexibility index (Phi) is 6.77. The molecule has 152 valence electrons. The van der Waals surface area contributed by atoms with Crippen molar-refractivity contribution in [1.29, 1.82) is 0 Å². The van der Waals surface area contributed by atoms with Gasteiger partial charge in [-0.25, -0.2) is 0 Å². The van der Waals surface area contributed by atoms with E-state index in [1.165, 1.54) is 0 Å². The van der Waals surface area contributed by atoms with Gasteiger partial charge in [0, 0.05) is 34.3 Å². The normalized spacial score (nSPS) is 15.9. The number of halogens is 2. The van der Waals surface area contributed by atoms with Crippen LogP contribution in [0, 0.1) is 0 Å². The first-order chi connectivity index (χ1) is 13.8. The fourth-order valence-electron chi connectivity index (χ4n) is 3.45. The van der Waals surface area contributed by atoms with Crippen molar-refractivity contribution in [2.45, 2.75) is 25.3 Å². The second-order valence-electron chi connectivity index (χ2n) is 6.92. The van der Waals surface area contributed by atoms with E-state index in [0.717, 1.165) is 12.0 Å². The molecule has 3 amide bonds. The van der Waals surface area contributed by atoms with E-state index in [4.69, 9.17) is 28.9 Å². The molecule has 6 nitrogen and oxygen atoms in total. The zero-order valence-electron chi connectivity index (χ0n) is 15.7. The summed E-state index contributed by atoms with van der Waals surface area (Å²) in [7, 11) is 0. The van der Waals surface area contributed by atoms with Crippen molar-refractivity contribution in [2.24, 2.45) is 5.73 Å². The van der Waals surface area contributed by atoms with E-state index in [0.29, 0.717) is 47.1 Å². The van der Waals surface area contributed by atoms with Gasteiger partial charge in [-0.3, -0.25) is 14.4 Å². The second-order valence-corrected chi connectivity index (χ2v) is 7.79. The van der Waals surface area contributed by atoms with Gasteiger partial charge in [0.05, 0.1) is 0 Å². The van der Waals surface area contributed by atoms with Crippen LogP contribution in [0.25, 0.3) is 0 Å². The molecule has 3 N–H and O–H groups in total. The summed E-state index contributed by atoms with van der Waals surface area (Å²) in [5.74, 6) is -0.951. The third-order valence-electron chi connectivity index (χ3n) is 4.85. The van der Waals surface area contributed by atoms with Crippen molar-refractivity contribution in [3.8, 4) is 0 Å². The van der Waals surface area contributed by atoms with Gasteiger partial charge in [0.2, 0.25) is 11.8 Å². The molecule has 3 rings (SSSR count). The number of benzene rings is 2. The average Bonchev–Trinajstić information content (AvgIpc) is 3.16. The van der Waals surface area contributed by atoms with Crippen LogP contribution in [-0.2, 0) is 11.2 Å². The molecule has 1 atom stereocenters. The smallest absolute Gasteiger partial charge is 0.254 e. The standard InChI is InChI=1S/C21H21Cl2N3O3/c22-16-10-15(11-17(23)12-16)21(29)26-8-2-5-18(26)20(28)25-7-6-13-3-1-4-14(9-13)19(24)27/h1,3-4,9-12,18H,2,5-8H2,(H2,24,27)(H,25,28). The van der Waals surface area contributed by atoms with Gasteiger partial charge >= 0.3 is 0 Å². The van der Waals surface area contributed by atoms with Crippen molar-refractivity contribution < 1.29 is 14.4 Å². The summed E-state index contributed by atoms with van der Waals surface area (Å²) < 4.78 is 0. The molecule has 0 spiro atoms. The highest BCUT2D eigenvalue weighted by molar-refractivity contribution is 6.35. The minimum atomic E-state index is -0.530. The van der Waals surface area contributed by atoms with Gasteiger partial charge in [-0.05, 0) is 55.2 Å². The van der Waals surface area contributed by atoms with Gasteiger partial charge in [0.25, 0.3) is 5.91 Å². The molecule has 1 aliphatic rings. The highest BCUT2D eigenvalue weighted by Gasteiger charge is 2.34. The van der Waals surface area contributed by atoms with Crippen molar-refractivity contribution in [3.63, 3.8) is 0 Å². The molecule has 1 fully saturated rings. The molecular formula is C21H21Cl2N3O3. The Morgan fingerprint density at radius 1 is 1.07 bits per heavy atom. The molecule has 1 aliphatic heterocycles. The lowest BCUT2D eigenvalue weighted by Crippen LogP contribution is -2.46. The zero-order chi connectivity index (χ0) is 21.0. The summed E-state index contributed by atoms with van der Waals surface area (Å²) in [6, 6.07) is 11.1. The molecule has 1 unspecified atom stereocenters. The number of nitrogens with zero attached hydrogens (tertiary/aromatic N) is 1. The number of likely N-dealkylation sites (tertiary alicyclic amines) is 1. The SMILES string of the molecule is NC(=O)c1cccc(CCNC(=O)C2CCCN2C(=O)c2cc(Cl)cc(Cl)c2)c1. The number of carbonyl (C=O) groups is 3. The van der Waals surface area contributed by atoms with E-state index in [9.17, 15) is 14.4 Å². The molecule has 0 saturated carbocycles. The van der Waals surface area contributed by atoms with Crippen LogP contribution in [0.3, 0.4) is 0 Å². The van der Waals surface area contributed by atoms with E-state index < -0.39 is 11.9 Å². The van der Waals surface area contributed by atoms with Crippen LogP contribution in [-0.4, -0.2) is 41.8 Å². The van der Waals surface area contributed by atoms with Gasteiger partial charge in [-0.1, -0.05) is 35.3 Å². The van der Waals surface area contributed by atoms with Gasteiger partial charge < -0.3 is 16.0 Å². The maximum absolute atomic E-state index is 12.8. The number of amides is 3. The third-order valence-corrected chi connectivity index (χ3v) is 5.29. The summed E-state index contributed by atoms with van der Waals surface area (Å²) in [5.41, 5.74) is 6.99. The maximum Gasteiger partial charge on any atom is 0.254 e. The molecule has 29 heavy (non-hydrogen) atoms. The first kappa shape index (κ1) is 21.1. The van der Waals surface area contributed by atoms with Gasteiger partial charge in [-0.15, -0.1) is 0 Å². The number of carbonyl (C=O) groups excluding carboxylic acids is 3. The minimum absolute atomic E-state index is 0.199. The number of hydrogen-bond acceptors (Lipinski definition) is 3. The van der Waals surface area contributed by atoms with Crippen molar-refractivity contribution in [3.05, 3.63) is 69.2 Å². The molecule has 2 aromatic carbocycles. The van der Waals surface area contributed by atoms with E-state index in [-0.39, 0.29) is 11.8 Å². The topological polar surface area (TPSA) is 92.5 Å². The largest absolute Gasteiger partial charge is 0.366 e. The Balaban J connectivity index is 1.60. The Morgan fingerprint density at radius 2 is 1.79 bits per heavy atom. The third kappa shape index (κ3) is 5.28. The maximum atomic E-state index is 12.8. The summed E-state index contributed by atoms with van der Waals surface area (Å²) in [5, 5.41) is 3.63. The number of rotatable bonds is 6. The lowest BCUT2D eigenvalue weighted by molar-refractivity contribution is -0.124. The molecule has 8 heteroatoms. The number of hydrogen-bond donors (Lipinski definition) is 2. The lowest BCUT2D eigenvalue weighted by atomic mass is 10.1. The molecule has 1 heterocycles. The quantitative estimate of drug-likeness (QED) is 0.732. The Labute approximate surface area is 179 Å². The minimum Gasteiger partial charge on any atom is -0.366 e. The van der Waals surface area contributed by atoms with Crippen LogP contribution in [0.5, 0.6) is 0 Å². The van der Waals surface area contributed by atoms with E-state index >= 15 is 0 Å². The number of primary amides is 1. The predicted octanol–water partition coefficient (Wildman–Crippen LogP) is 3.06. The fraction of sp³-hybridized carbons (Fsp3) is 0.286. The van der Waals surface area contributed by atoms with Crippen molar-refractivity contribution in [1.82, 2.24) is 10.2 Å². The summed E-state index contributed by atoms with van der Waals surface area (Å²) in [4.78, 5) is 38.3. The first-order valence-corrected chi connectivity index (χ1v) is 10.0. The molecule has 1 saturated heterocycles. The van der Waals surface area contributed by atoms with Gasteiger partial charge in [0.1, 0.15) is 6.04 Å². The average molecular weight is 434 g/mol. The summed E-state index contributed by atoms with van der Waals surface area (Å²) in [6.45, 7) is 0.893. The van der Waals surface area contributed by atoms with Gasteiger partial charge in [-0.2, -0.15) is 0 Å². The van der Waals surface area contributed by atoms with Gasteiger partial charge in [0.15, 0.2) is 0 Å². The van der Waals surface area contributed by atoms with Crippen LogP contribution in [0.15, 0.2) is 42.5 Å². The Morgan fingerprint density at radius 3 is 2.48 bits per heavy atom. The Bertz CT molecular complexity index is 928. The monoisotopic (exact) mass is 433 g/mol. The lowest BCUT2D eigenvalue weighted by Gasteiger charge is -2.24. The van der Waals surface area contributed by atoms with Crippen LogP contribution < -0.4 is 11.1 Å². The molecule has 0 radical (unpaired) electrons. The van der Waals surface area contributed by atoms with Crippen molar-refractivity contribution >= 4 is 40.9 Å². The summed E-state index contributed by atoms with van der Waals surface area (Å²) in [6.07, 6.45) is 1.90. The molecular weight excluding hydrogens is 413 g/mol. The van der Waals surface area contributed by atoms with Crippen LogP contribution in [0.4, 0.5) is 0 Å². The fourth-order valence-corrected chi connectivity index (χ4v) is 3.98. The predicted molar refractivity (Wildman–Crippen MR) is 112 cm³/mol. The summed E-state index contributed by atoms with van der Waals surface area (Å²) >= 11 is 12.0. The highest BCUT2D eigenvalue weighted by Crippen LogP contribution is 2.24. The number of nitrogens with one attached hydrogen (secondary N) is 1. The molecule has 0 aromatic heterocycles. The Hall–Kier alpha value is -2.57. The van der Waals surface area contributed by atoms with Crippen LogP contribution >= 0.6 is 23.2 Å².